The standard InChI is InChI=1S/C23H23NO4S/c1-4-27-23(26)19-14-20(16-8-6-5-7-9-16)29-22(19)24-21(25)17-10-12-18(13-11-17)28-15(2)3/h5-15H,4H2,1-3H3,(H,24,25). The Hall–Kier alpha value is -3.12. The second kappa shape index (κ2) is 9.39. The van der Waals surface area contributed by atoms with Gasteiger partial charge in [-0.05, 0) is 56.7 Å². The molecule has 150 valence electrons. The van der Waals surface area contributed by atoms with E-state index in [0.717, 1.165) is 10.4 Å². The highest BCUT2D eigenvalue weighted by atomic mass is 32.1. The minimum Gasteiger partial charge on any atom is -0.491 e. The first-order valence-corrected chi connectivity index (χ1v) is 10.2. The average molecular weight is 410 g/mol. The number of amides is 1. The number of hydrogen-bond acceptors (Lipinski definition) is 5. The van der Waals surface area contributed by atoms with Crippen LogP contribution < -0.4 is 10.1 Å². The number of esters is 1. The molecule has 0 unspecified atom stereocenters. The molecule has 3 rings (SSSR count). The van der Waals surface area contributed by atoms with Crippen LogP contribution in [0.15, 0.2) is 60.7 Å². The molecule has 0 saturated heterocycles. The summed E-state index contributed by atoms with van der Waals surface area (Å²) in [5.41, 5.74) is 1.80. The van der Waals surface area contributed by atoms with Gasteiger partial charge in [-0.15, -0.1) is 11.3 Å². The Labute approximate surface area is 174 Å². The van der Waals surface area contributed by atoms with E-state index in [1.54, 1.807) is 37.3 Å². The molecule has 5 nitrogen and oxygen atoms in total. The third-order valence-electron chi connectivity index (χ3n) is 4.00. The molecule has 3 aromatic rings. The van der Waals surface area contributed by atoms with Gasteiger partial charge in [0, 0.05) is 10.4 Å². The summed E-state index contributed by atoms with van der Waals surface area (Å²) < 4.78 is 10.8. The van der Waals surface area contributed by atoms with E-state index in [2.05, 4.69) is 5.32 Å². The number of rotatable bonds is 7. The predicted octanol–water partition coefficient (Wildman–Crippen LogP) is 5.63. The molecule has 6 heteroatoms. The lowest BCUT2D eigenvalue weighted by Gasteiger charge is -2.10. The van der Waals surface area contributed by atoms with Gasteiger partial charge in [-0.3, -0.25) is 4.79 Å². The highest BCUT2D eigenvalue weighted by Crippen LogP contribution is 2.36. The molecule has 0 bridgehead atoms. The van der Waals surface area contributed by atoms with E-state index in [0.29, 0.717) is 21.9 Å². The molecule has 0 radical (unpaired) electrons. The van der Waals surface area contributed by atoms with Crippen LogP contribution in [0.25, 0.3) is 10.4 Å². The second-order valence-corrected chi connectivity index (χ2v) is 7.64. The van der Waals surface area contributed by atoms with E-state index in [9.17, 15) is 9.59 Å². The summed E-state index contributed by atoms with van der Waals surface area (Å²) in [6, 6.07) is 18.4. The molecule has 29 heavy (non-hydrogen) atoms. The zero-order chi connectivity index (χ0) is 20.8. The lowest BCUT2D eigenvalue weighted by Crippen LogP contribution is -2.14. The molecule has 0 aliphatic carbocycles. The van der Waals surface area contributed by atoms with Gasteiger partial charge >= 0.3 is 5.97 Å². The van der Waals surface area contributed by atoms with Crippen molar-refractivity contribution >= 4 is 28.2 Å². The van der Waals surface area contributed by atoms with Crippen molar-refractivity contribution in [2.45, 2.75) is 26.9 Å². The molecule has 0 atom stereocenters. The van der Waals surface area contributed by atoms with E-state index in [1.807, 2.05) is 44.2 Å². The molecule has 1 heterocycles. The predicted molar refractivity (Wildman–Crippen MR) is 116 cm³/mol. The zero-order valence-electron chi connectivity index (χ0n) is 16.6. The van der Waals surface area contributed by atoms with E-state index in [-0.39, 0.29) is 18.6 Å². The topological polar surface area (TPSA) is 64.6 Å². The summed E-state index contributed by atoms with van der Waals surface area (Å²) in [6.45, 7) is 5.90. The highest BCUT2D eigenvalue weighted by Gasteiger charge is 2.20. The third kappa shape index (κ3) is 5.23. The van der Waals surface area contributed by atoms with E-state index < -0.39 is 5.97 Å². The fourth-order valence-corrected chi connectivity index (χ4v) is 3.77. The van der Waals surface area contributed by atoms with Gasteiger partial charge in [0.05, 0.1) is 18.3 Å². The van der Waals surface area contributed by atoms with Crippen LogP contribution in [0.5, 0.6) is 5.75 Å². The maximum atomic E-state index is 12.7. The Morgan fingerprint density at radius 2 is 1.72 bits per heavy atom. The first kappa shape index (κ1) is 20.6. The van der Waals surface area contributed by atoms with E-state index in [1.165, 1.54) is 11.3 Å². The average Bonchev–Trinajstić information content (AvgIpc) is 3.13. The first-order chi connectivity index (χ1) is 14.0. The van der Waals surface area contributed by atoms with Crippen LogP contribution in [-0.2, 0) is 4.74 Å². The fourth-order valence-electron chi connectivity index (χ4n) is 2.72. The smallest absolute Gasteiger partial charge is 0.341 e. The summed E-state index contributed by atoms with van der Waals surface area (Å²) >= 11 is 1.34. The molecule has 1 aromatic heterocycles. The quantitative estimate of drug-likeness (QED) is 0.514. The molecular formula is C23H23NO4S. The number of benzene rings is 2. The SMILES string of the molecule is CCOC(=O)c1cc(-c2ccccc2)sc1NC(=O)c1ccc(OC(C)C)cc1. The maximum absolute atomic E-state index is 12.7. The molecular weight excluding hydrogens is 386 g/mol. The van der Waals surface area contributed by atoms with E-state index >= 15 is 0 Å². The molecule has 0 fully saturated rings. The number of anilines is 1. The summed E-state index contributed by atoms with van der Waals surface area (Å²) in [4.78, 5) is 26.0. The van der Waals surface area contributed by atoms with Gasteiger partial charge in [0.25, 0.3) is 5.91 Å². The lowest BCUT2D eigenvalue weighted by atomic mass is 10.1. The summed E-state index contributed by atoms with van der Waals surface area (Å²) in [7, 11) is 0. The van der Waals surface area contributed by atoms with Crippen molar-refractivity contribution < 1.29 is 19.1 Å². The van der Waals surface area contributed by atoms with Crippen molar-refractivity contribution in [2.24, 2.45) is 0 Å². The summed E-state index contributed by atoms with van der Waals surface area (Å²) in [5, 5.41) is 3.32. The Balaban J connectivity index is 1.85. The Morgan fingerprint density at radius 3 is 2.34 bits per heavy atom. The van der Waals surface area contributed by atoms with E-state index in [4.69, 9.17) is 9.47 Å². The number of nitrogens with one attached hydrogen (secondary N) is 1. The van der Waals surface area contributed by atoms with Gasteiger partial charge in [-0.25, -0.2) is 4.79 Å². The van der Waals surface area contributed by atoms with Crippen LogP contribution in [0.2, 0.25) is 0 Å². The minimum absolute atomic E-state index is 0.0596. The Kier molecular flexibility index (Phi) is 6.67. The van der Waals surface area contributed by atoms with Crippen molar-refractivity contribution in [3.63, 3.8) is 0 Å². The van der Waals surface area contributed by atoms with Crippen LogP contribution in [0.4, 0.5) is 5.00 Å². The number of ether oxygens (including phenoxy) is 2. The summed E-state index contributed by atoms with van der Waals surface area (Å²) in [5.74, 6) is -0.0544. The first-order valence-electron chi connectivity index (χ1n) is 9.42. The van der Waals surface area contributed by atoms with Crippen LogP contribution in [0.1, 0.15) is 41.5 Å². The Morgan fingerprint density at radius 1 is 1.03 bits per heavy atom. The van der Waals surface area contributed by atoms with Gasteiger partial charge in [-0.2, -0.15) is 0 Å². The van der Waals surface area contributed by atoms with Crippen molar-refractivity contribution in [3.05, 3.63) is 71.8 Å². The lowest BCUT2D eigenvalue weighted by molar-refractivity contribution is 0.0528. The molecule has 1 amide bonds. The van der Waals surface area contributed by atoms with Crippen LogP contribution >= 0.6 is 11.3 Å². The van der Waals surface area contributed by atoms with Crippen molar-refractivity contribution in [1.82, 2.24) is 0 Å². The van der Waals surface area contributed by atoms with Gasteiger partial charge in [0.15, 0.2) is 0 Å². The number of hydrogen-bond donors (Lipinski definition) is 1. The molecule has 2 aromatic carbocycles. The number of thiophene rings is 1. The fraction of sp³-hybridized carbons (Fsp3) is 0.217. The molecule has 0 aliphatic heterocycles. The number of carbonyl (C=O) groups excluding carboxylic acids is 2. The third-order valence-corrected chi connectivity index (χ3v) is 5.10. The van der Waals surface area contributed by atoms with Crippen LogP contribution in [-0.4, -0.2) is 24.6 Å². The normalized spacial score (nSPS) is 10.6. The molecule has 0 saturated carbocycles. The molecule has 0 aliphatic rings. The zero-order valence-corrected chi connectivity index (χ0v) is 17.4. The van der Waals surface area contributed by atoms with Gasteiger partial charge < -0.3 is 14.8 Å². The van der Waals surface area contributed by atoms with Crippen LogP contribution in [0.3, 0.4) is 0 Å². The highest BCUT2D eigenvalue weighted by molar-refractivity contribution is 7.20. The molecule has 0 spiro atoms. The van der Waals surface area contributed by atoms with Crippen molar-refractivity contribution in [2.75, 3.05) is 11.9 Å². The largest absolute Gasteiger partial charge is 0.491 e. The van der Waals surface area contributed by atoms with Gasteiger partial charge in [0.1, 0.15) is 10.8 Å². The minimum atomic E-state index is -0.457. The second-order valence-electron chi connectivity index (χ2n) is 6.59. The van der Waals surface area contributed by atoms with Crippen molar-refractivity contribution in [1.29, 1.82) is 0 Å². The maximum Gasteiger partial charge on any atom is 0.341 e. The summed E-state index contributed by atoms with van der Waals surface area (Å²) in [6.07, 6.45) is 0.0596. The van der Waals surface area contributed by atoms with Gasteiger partial charge in [-0.1, -0.05) is 30.3 Å². The van der Waals surface area contributed by atoms with Crippen molar-refractivity contribution in [3.8, 4) is 16.2 Å². The van der Waals surface area contributed by atoms with Crippen LogP contribution in [0, 0.1) is 0 Å². The van der Waals surface area contributed by atoms with Gasteiger partial charge in [0.2, 0.25) is 0 Å². The Bertz CT molecular complexity index is 978. The molecule has 1 N–H and O–H groups in total. The number of carbonyl (C=O) groups is 2. The monoisotopic (exact) mass is 409 g/mol.